The zero-order valence-corrected chi connectivity index (χ0v) is 13.6. The Morgan fingerprint density at radius 2 is 2.30 bits per heavy atom. The molecule has 5 nitrogen and oxygen atoms in total. The Morgan fingerprint density at radius 3 is 3.13 bits per heavy atom. The third-order valence-corrected chi connectivity index (χ3v) is 5.12. The number of aromatic nitrogens is 3. The SMILES string of the molecule is c1ccc(N2CCC(NCc3cn[nH]c3-c3cccs3)C2)nc1. The van der Waals surface area contributed by atoms with E-state index in [1.807, 2.05) is 24.5 Å². The standard InChI is InChI=1S/C17H19N5S/c1-2-7-18-16(5-1)22-8-6-14(12-22)19-10-13-11-20-21-17(13)15-4-3-9-23-15/h1-5,7,9,11,14,19H,6,8,10,12H2,(H,20,21). The van der Waals surface area contributed by atoms with Crippen molar-refractivity contribution in [2.24, 2.45) is 0 Å². The molecule has 0 bridgehead atoms. The first-order chi connectivity index (χ1) is 11.4. The highest BCUT2D eigenvalue weighted by Crippen LogP contribution is 2.26. The van der Waals surface area contributed by atoms with Crippen LogP contribution in [-0.2, 0) is 6.54 Å². The van der Waals surface area contributed by atoms with E-state index in [1.54, 1.807) is 11.3 Å². The number of hydrogen-bond donors (Lipinski definition) is 2. The van der Waals surface area contributed by atoms with Crippen LogP contribution in [0.5, 0.6) is 0 Å². The van der Waals surface area contributed by atoms with Crippen molar-refractivity contribution in [3.63, 3.8) is 0 Å². The molecule has 3 aromatic heterocycles. The van der Waals surface area contributed by atoms with Gasteiger partial charge in [-0.1, -0.05) is 12.1 Å². The van der Waals surface area contributed by atoms with Crippen LogP contribution in [0.4, 0.5) is 5.82 Å². The molecule has 23 heavy (non-hydrogen) atoms. The minimum absolute atomic E-state index is 0.489. The Labute approximate surface area is 139 Å². The first-order valence-electron chi connectivity index (χ1n) is 7.85. The van der Waals surface area contributed by atoms with Crippen LogP contribution in [0.2, 0.25) is 0 Å². The van der Waals surface area contributed by atoms with E-state index in [0.717, 1.165) is 37.6 Å². The Kier molecular flexibility index (Phi) is 4.08. The van der Waals surface area contributed by atoms with E-state index >= 15 is 0 Å². The molecule has 6 heteroatoms. The van der Waals surface area contributed by atoms with Crippen LogP contribution in [0.25, 0.3) is 10.6 Å². The van der Waals surface area contributed by atoms with Crippen molar-refractivity contribution in [2.75, 3.05) is 18.0 Å². The normalized spacial score (nSPS) is 17.7. The summed E-state index contributed by atoms with van der Waals surface area (Å²) in [6.07, 6.45) is 4.92. The number of anilines is 1. The van der Waals surface area contributed by atoms with Crippen LogP contribution < -0.4 is 10.2 Å². The minimum Gasteiger partial charge on any atom is -0.355 e. The van der Waals surface area contributed by atoms with Crippen molar-refractivity contribution in [1.29, 1.82) is 0 Å². The molecule has 1 atom stereocenters. The third-order valence-electron chi connectivity index (χ3n) is 4.23. The monoisotopic (exact) mass is 325 g/mol. The lowest BCUT2D eigenvalue weighted by molar-refractivity contribution is 0.552. The summed E-state index contributed by atoms with van der Waals surface area (Å²) in [5.41, 5.74) is 2.36. The Balaban J connectivity index is 1.37. The second kappa shape index (κ2) is 6.52. The molecule has 0 spiro atoms. The molecule has 4 rings (SSSR count). The molecule has 0 aromatic carbocycles. The third kappa shape index (κ3) is 3.13. The van der Waals surface area contributed by atoms with Gasteiger partial charge in [-0.2, -0.15) is 5.10 Å². The van der Waals surface area contributed by atoms with Gasteiger partial charge in [0.25, 0.3) is 0 Å². The Bertz CT molecular complexity index is 737. The molecule has 0 amide bonds. The molecule has 1 saturated heterocycles. The molecule has 0 aliphatic carbocycles. The fourth-order valence-corrected chi connectivity index (χ4v) is 3.76. The van der Waals surface area contributed by atoms with E-state index < -0.39 is 0 Å². The summed E-state index contributed by atoms with van der Waals surface area (Å²) in [6, 6.07) is 10.8. The van der Waals surface area contributed by atoms with Gasteiger partial charge in [0, 0.05) is 37.4 Å². The molecule has 1 fully saturated rings. The van der Waals surface area contributed by atoms with E-state index in [9.17, 15) is 0 Å². The largest absolute Gasteiger partial charge is 0.355 e. The number of thiophene rings is 1. The van der Waals surface area contributed by atoms with Gasteiger partial charge in [-0.05, 0) is 30.0 Å². The van der Waals surface area contributed by atoms with E-state index in [2.05, 4.69) is 49.0 Å². The van der Waals surface area contributed by atoms with Crippen LogP contribution in [0.1, 0.15) is 12.0 Å². The Morgan fingerprint density at radius 1 is 1.30 bits per heavy atom. The second-order valence-electron chi connectivity index (χ2n) is 5.75. The smallest absolute Gasteiger partial charge is 0.128 e. The summed E-state index contributed by atoms with van der Waals surface area (Å²) >= 11 is 1.74. The zero-order chi connectivity index (χ0) is 15.5. The minimum atomic E-state index is 0.489. The van der Waals surface area contributed by atoms with E-state index in [1.165, 1.54) is 10.4 Å². The molecule has 2 N–H and O–H groups in total. The number of rotatable bonds is 5. The highest BCUT2D eigenvalue weighted by molar-refractivity contribution is 7.13. The number of pyridine rings is 1. The van der Waals surface area contributed by atoms with Gasteiger partial charge in [0.05, 0.1) is 16.8 Å². The summed E-state index contributed by atoms with van der Waals surface area (Å²) in [5, 5.41) is 13.1. The molecule has 1 aliphatic heterocycles. The van der Waals surface area contributed by atoms with Crippen LogP contribution in [-0.4, -0.2) is 34.3 Å². The lowest BCUT2D eigenvalue weighted by atomic mass is 10.2. The maximum absolute atomic E-state index is 4.44. The van der Waals surface area contributed by atoms with Gasteiger partial charge in [0.2, 0.25) is 0 Å². The lowest BCUT2D eigenvalue weighted by Crippen LogP contribution is -2.32. The summed E-state index contributed by atoms with van der Waals surface area (Å²) in [5.74, 6) is 1.07. The predicted molar refractivity (Wildman–Crippen MR) is 93.6 cm³/mol. The summed E-state index contributed by atoms with van der Waals surface area (Å²) in [6.45, 7) is 2.89. The van der Waals surface area contributed by atoms with Crippen molar-refractivity contribution in [3.05, 3.63) is 53.7 Å². The molecular weight excluding hydrogens is 306 g/mol. The lowest BCUT2D eigenvalue weighted by Gasteiger charge is -2.17. The number of aromatic amines is 1. The number of hydrogen-bond acceptors (Lipinski definition) is 5. The maximum atomic E-state index is 4.44. The predicted octanol–water partition coefficient (Wildman–Crippen LogP) is 2.90. The topological polar surface area (TPSA) is 56.8 Å². The fourth-order valence-electron chi connectivity index (χ4n) is 3.01. The van der Waals surface area contributed by atoms with Crippen molar-refractivity contribution in [3.8, 4) is 10.6 Å². The van der Waals surface area contributed by atoms with Crippen molar-refractivity contribution < 1.29 is 0 Å². The van der Waals surface area contributed by atoms with E-state index in [4.69, 9.17) is 0 Å². The highest BCUT2D eigenvalue weighted by atomic mass is 32.1. The molecule has 0 radical (unpaired) electrons. The maximum Gasteiger partial charge on any atom is 0.128 e. The number of H-pyrrole nitrogens is 1. The van der Waals surface area contributed by atoms with Crippen LogP contribution in [0, 0.1) is 0 Å². The molecule has 0 saturated carbocycles. The highest BCUT2D eigenvalue weighted by Gasteiger charge is 2.23. The zero-order valence-electron chi connectivity index (χ0n) is 12.8. The summed E-state index contributed by atoms with van der Waals surface area (Å²) in [7, 11) is 0. The van der Waals surface area contributed by atoms with Crippen LogP contribution in [0.3, 0.4) is 0 Å². The summed E-state index contributed by atoms with van der Waals surface area (Å²) in [4.78, 5) is 8.01. The number of nitrogens with zero attached hydrogens (tertiary/aromatic N) is 3. The molecule has 1 unspecified atom stereocenters. The first kappa shape index (κ1) is 14.4. The van der Waals surface area contributed by atoms with Gasteiger partial charge in [0.15, 0.2) is 0 Å². The van der Waals surface area contributed by atoms with Gasteiger partial charge in [-0.25, -0.2) is 4.98 Å². The average molecular weight is 325 g/mol. The molecule has 118 valence electrons. The molecule has 3 aromatic rings. The molecule has 1 aliphatic rings. The van der Waals surface area contributed by atoms with Crippen molar-refractivity contribution in [1.82, 2.24) is 20.5 Å². The molecule has 4 heterocycles. The Hall–Kier alpha value is -2.18. The number of nitrogens with one attached hydrogen (secondary N) is 2. The summed E-state index contributed by atoms with van der Waals surface area (Å²) < 4.78 is 0. The van der Waals surface area contributed by atoms with Crippen LogP contribution in [0.15, 0.2) is 48.1 Å². The van der Waals surface area contributed by atoms with Crippen molar-refractivity contribution in [2.45, 2.75) is 19.0 Å². The fraction of sp³-hybridized carbons (Fsp3) is 0.294. The quantitative estimate of drug-likeness (QED) is 0.757. The first-order valence-corrected chi connectivity index (χ1v) is 8.73. The second-order valence-corrected chi connectivity index (χ2v) is 6.70. The van der Waals surface area contributed by atoms with Gasteiger partial charge in [-0.3, -0.25) is 5.10 Å². The van der Waals surface area contributed by atoms with Gasteiger partial charge >= 0.3 is 0 Å². The van der Waals surface area contributed by atoms with Gasteiger partial charge in [0.1, 0.15) is 5.82 Å². The van der Waals surface area contributed by atoms with Gasteiger partial charge < -0.3 is 10.2 Å². The van der Waals surface area contributed by atoms with E-state index in [-0.39, 0.29) is 0 Å². The van der Waals surface area contributed by atoms with Crippen LogP contribution >= 0.6 is 11.3 Å². The van der Waals surface area contributed by atoms with Crippen molar-refractivity contribution >= 4 is 17.2 Å². The molecular formula is C17H19N5S. The average Bonchev–Trinajstić information content (AvgIpc) is 3.33. The van der Waals surface area contributed by atoms with Gasteiger partial charge in [-0.15, -0.1) is 11.3 Å². The van der Waals surface area contributed by atoms with E-state index in [0.29, 0.717) is 6.04 Å².